The van der Waals surface area contributed by atoms with Gasteiger partial charge in [-0.2, -0.15) is 5.26 Å². The zero-order chi connectivity index (χ0) is 11.8. The fraction of sp³-hybridized carbons (Fsp3) is 0.500. The molecule has 2 rings (SSSR count). The van der Waals surface area contributed by atoms with Crippen LogP contribution in [0.4, 0.5) is 0 Å². The van der Waals surface area contributed by atoms with Crippen LogP contribution in [0.1, 0.15) is 17.7 Å². The minimum atomic E-state index is -1.75. The minimum Gasteiger partial charge on any atom is -0.395 e. The van der Waals surface area contributed by atoms with Gasteiger partial charge in [0.15, 0.2) is 13.9 Å². The molecule has 1 aromatic rings. The Morgan fingerprint density at radius 2 is 2.25 bits per heavy atom. The second-order valence-corrected chi connectivity index (χ2v) is 9.59. The number of fused-ring (bicyclic) bond motifs is 1. The van der Waals surface area contributed by atoms with Crippen molar-refractivity contribution in [1.29, 1.82) is 5.26 Å². The molecule has 0 aromatic carbocycles. The zero-order valence-electron chi connectivity index (χ0n) is 9.95. The lowest BCUT2D eigenvalue weighted by Gasteiger charge is -2.30. The quantitative estimate of drug-likeness (QED) is 0.736. The zero-order valence-corrected chi connectivity index (χ0v) is 10.9. The molecule has 1 aliphatic rings. The fourth-order valence-electron chi connectivity index (χ4n) is 2.19. The molecule has 4 heteroatoms. The van der Waals surface area contributed by atoms with E-state index in [0.29, 0.717) is 0 Å². The van der Waals surface area contributed by atoms with Crippen LogP contribution in [0.5, 0.6) is 0 Å². The van der Waals surface area contributed by atoms with E-state index < -0.39 is 13.9 Å². The highest BCUT2D eigenvalue weighted by Crippen LogP contribution is 2.39. The van der Waals surface area contributed by atoms with Crippen LogP contribution in [0, 0.1) is 11.3 Å². The Morgan fingerprint density at radius 1 is 1.50 bits per heavy atom. The Kier molecular flexibility index (Phi) is 2.60. The average molecular weight is 232 g/mol. The van der Waals surface area contributed by atoms with Crippen molar-refractivity contribution in [1.82, 2.24) is 4.98 Å². The summed E-state index contributed by atoms with van der Waals surface area (Å²) < 4.78 is 6.08. The van der Waals surface area contributed by atoms with Gasteiger partial charge in [-0.3, -0.25) is 4.98 Å². The highest BCUT2D eigenvalue weighted by molar-refractivity contribution is 6.69. The molecule has 0 fully saturated rings. The summed E-state index contributed by atoms with van der Waals surface area (Å²) in [5.41, 5.74) is 1.20. The van der Waals surface area contributed by atoms with Crippen LogP contribution in [0.25, 0.3) is 0 Å². The third-order valence-corrected chi connectivity index (χ3v) is 3.64. The molecule has 0 aliphatic heterocycles. The SMILES string of the molecule is C[Si](C)(C)OC1(C#N)CCc2cccnc21. The van der Waals surface area contributed by atoms with Crippen molar-refractivity contribution in [2.45, 2.75) is 38.1 Å². The van der Waals surface area contributed by atoms with Crippen LogP contribution in [0.3, 0.4) is 0 Å². The van der Waals surface area contributed by atoms with E-state index in [1.54, 1.807) is 6.20 Å². The summed E-state index contributed by atoms with van der Waals surface area (Å²) >= 11 is 0. The van der Waals surface area contributed by atoms with Gasteiger partial charge in [0.05, 0.1) is 5.69 Å². The first kappa shape index (κ1) is 11.3. The van der Waals surface area contributed by atoms with Gasteiger partial charge in [-0.15, -0.1) is 0 Å². The van der Waals surface area contributed by atoms with Gasteiger partial charge in [0.2, 0.25) is 0 Å². The molecule has 0 N–H and O–H groups in total. The normalized spacial score (nSPS) is 23.9. The maximum atomic E-state index is 9.43. The number of aromatic nitrogens is 1. The van der Waals surface area contributed by atoms with Crippen LogP contribution in [-0.2, 0) is 16.4 Å². The molecule has 84 valence electrons. The molecule has 0 radical (unpaired) electrons. The van der Waals surface area contributed by atoms with Gasteiger partial charge in [0.25, 0.3) is 0 Å². The largest absolute Gasteiger partial charge is 0.395 e. The molecule has 16 heavy (non-hydrogen) atoms. The summed E-state index contributed by atoms with van der Waals surface area (Å²) in [6, 6.07) is 6.29. The number of nitrogens with zero attached hydrogens (tertiary/aromatic N) is 2. The monoisotopic (exact) mass is 232 g/mol. The fourth-order valence-corrected chi connectivity index (χ4v) is 3.48. The van der Waals surface area contributed by atoms with E-state index in [1.165, 1.54) is 0 Å². The first-order valence-electron chi connectivity index (χ1n) is 5.53. The molecule has 0 saturated carbocycles. The summed E-state index contributed by atoms with van der Waals surface area (Å²) in [6.07, 6.45) is 3.37. The molecule has 1 atom stereocenters. The van der Waals surface area contributed by atoms with Crippen molar-refractivity contribution in [2.24, 2.45) is 0 Å². The van der Waals surface area contributed by atoms with Crippen LogP contribution in [0.15, 0.2) is 18.3 Å². The van der Waals surface area contributed by atoms with E-state index in [1.807, 2.05) is 12.1 Å². The van der Waals surface area contributed by atoms with Gasteiger partial charge < -0.3 is 4.43 Å². The number of nitriles is 1. The van der Waals surface area contributed by atoms with E-state index in [2.05, 4.69) is 30.7 Å². The van der Waals surface area contributed by atoms with Crippen molar-refractivity contribution in [3.8, 4) is 6.07 Å². The first-order valence-corrected chi connectivity index (χ1v) is 8.93. The van der Waals surface area contributed by atoms with E-state index in [9.17, 15) is 5.26 Å². The Hall–Kier alpha value is -1.18. The Labute approximate surface area is 97.2 Å². The number of pyridine rings is 1. The van der Waals surface area contributed by atoms with Gasteiger partial charge in [0, 0.05) is 6.20 Å². The highest BCUT2D eigenvalue weighted by atomic mass is 28.4. The van der Waals surface area contributed by atoms with E-state index in [-0.39, 0.29) is 0 Å². The van der Waals surface area contributed by atoms with Gasteiger partial charge >= 0.3 is 0 Å². The van der Waals surface area contributed by atoms with E-state index >= 15 is 0 Å². The third-order valence-electron chi connectivity index (χ3n) is 2.68. The average Bonchev–Trinajstić information content (AvgIpc) is 2.57. The van der Waals surface area contributed by atoms with Gasteiger partial charge in [-0.05, 0) is 44.1 Å². The summed E-state index contributed by atoms with van der Waals surface area (Å²) in [7, 11) is -1.75. The van der Waals surface area contributed by atoms with Crippen LogP contribution >= 0.6 is 0 Å². The van der Waals surface area contributed by atoms with Gasteiger partial charge in [-0.1, -0.05) is 6.07 Å². The molecular formula is C12H16N2OSi. The smallest absolute Gasteiger partial charge is 0.187 e. The second-order valence-electron chi connectivity index (χ2n) is 5.16. The first-order chi connectivity index (χ1) is 7.47. The number of hydrogen-bond donors (Lipinski definition) is 0. The molecule has 1 aliphatic carbocycles. The summed E-state index contributed by atoms with van der Waals surface area (Å²) in [4.78, 5) is 4.34. The molecule has 0 saturated heterocycles. The molecular weight excluding hydrogens is 216 g/mol. The summed E-state index contributed by atoms with van der Waals surface area (Å²) in [5.74, 6) is 0. The Morgan fingerprint density at radius 3 is 2.88 bits per heavy atom. The van der Waals surface area contributed by atoms with Crippen LogP contribution in [-0.4, -0.2) is 13.3 Å². The van der Waals surface area contributed by atoms with E-state index in [0.717, 1.165) is 24.1 Å². The Bertz CT molecular complexity index is 447. The molecule has 0 bridgehead atoms. The van der Waals surface area contributed by atoms with Crippen LogP contribution < -0.4 is 0 Å². The predicted molar refractivity (Wildman–Crippen MR) is 64.3 cm³/mol. The lowest BCUT2D eigenvalue weighted by Crippen LogP contribution is -2.38. The van der Waals surface area contributed by atoms with Crippen molar-refractivity contribution >= 4 is 8.32 Å². The molecule has 0 amide bonds. The number of hydrogen-bond acceptors (Lipinski definition) is 3. The molecule has 1 aromatic heterocycles. The van der Waals surface area contributed by atoms with Crippen LogP contribution in [0.2, 0.25) is 19.6 Å². The van der Waals surface area contributed by atoms with Crippen molar-refractivity contribution in [3.05, 3.63) is 29.6 Å². The van der Waals surface area contributed by atoms with E-state index in [4.69, 9.17) is 4.43 Å². The second kappa shape index (κ2) is 3.69. The standard InChI is InChI=1S/C12H16N2OSi/c1-16(2,3)15-12(9-13)7-6-10-5-4-8-14-11(10)12/h4-5,8H,6-7H2,1-3H3. The maximum absolute atomic E-state index is 9.43. The number of rotatable bonds is 2. The minimum absolute atomic E-state index is 0.736. The topological polar surface area (TPSA) is 45.9 Å². The predicted octanol–water partition coefficient (Wildman–Crippen LogP) is 2.60. The Balaban J connectivity index is 2.43. The maximum Gasteiger partial charge on any atom is 0.187 e. The third kappa shape index (κ3) is 1.88. The molecule has 0 spiro atoms. The van der Waals surface area contributed by atoms with Gasteiger partial charge in [0.1, 0.15) is 6.07 Å². The summed E-state index contributed by atoms with van der Waals surface area (Å²) in [6.45, 7) is 6.31. The van der Waals surface area contributed by atoms with Crippen molar-refractivity contribution in [2.75, 3.05) is 0 Å². The molecule has 3 nitrogen and oxygen atoms in total. The van der Waals surface area contributed by atoms with Gasteiger partial charge in [-0.25, -0.2) is 0 Å². The van der Waals surface area contributed by atoms with Crippen molar-refractivity contribution < 1.29 is 4.43 Å². The van der Waals surface area contributed by atoms with Crippen molar-refractivity contribution in [3.63, 3.8) is 0 Å². The highest BCUT2D eigenvalue weighted by Gasteiger charge is 2.44. The summed E-state index contributed by atoms with van der Waals surface area (Å²) in [5, 5.41) is 9.43. The lowest BCUT2D eigenvalue weighted by atomic mass is 10.0. The molecule has 1 heterocycles. The number of aryl methyl sites for hydroxylation is 1. The molecule has 1 unspecified atom stereocenters. The lowest BCUT2D eigenvalue weighted by molar-refractivity contribution is 0.117.